The fraction of sp³-hybridized carbons (Fsp3) is 0. The van der Waals surface area contributed by atoms with Crippen molar-refractivity contribution in [1.29, 1.82) is 0 Å². The van der Waals surface area contributed by atoms with Gasteiger partial charge in [-0.25, -0.2) is 12.8 Å². The van der Waals surface area contributed by atoms with Gasteiger partial charge in [-0.2, -0.15) is 0 Å². The minimum atomic E-state index is -3.91. The highest BCUT2D eigenvalue weighted by Crippen LogP contribution is 2.26. The van der Waals surface area contributed by atoms with E-state index in [0.29, 0.717) is 5.69 Å². The Morgan fingerprint density at radius 2 is 1.77 bits per heavy atom. The summed E-state index contributed by atoms with van der Waals surface area (Å²) < 4.78 is 44.1. The lowest BCUT2D eigenvalue weighted by Crippen LogP contribution is -2.14. The van der Waals surface area contributed by atoms with Crippen LogP contribution in [0.1, 0.15) is 0 Å². The summed E-state index contributed by atoms with van der Waals surface area (Å²) in [5.41, 5.74) is 1.26. The van der Waals surface area contributed by atoms with E-state index < -0.39 is 15.8 Å². The summed E-state index contributed by atoms with van der Waals surface area (Å²) in [5, 5.41) is 0.238. The average Bonchev–Trinajstić information content (AvgIpc) is 3.16. The molecule has 2 aromatic heterocycles. The first-order chi connectivity index (χ1) is 12.5. The van der Waals surface area contributed by atoms with E-state index >= 15 is 0 Å². The smallest absolute Gasteiger partial charge is 0.262 e. The van der Waals surface area contributed by atoms with Gasteiger partial charge in [0.25, 0.3) is 10.0 Å². The maximum atomic E-state index is 13.9. The lowest BCUT2D eigenvalue weighted by atomic mass is 10.2. The zero-order chi connectivity index (χ0) is 18.1. The van der Waals surface area contributed by atoms with Crippen LogP contribution in [0, 0.1) is 5.82 Å². The molecule has 0 radical (unpaired) electrons. The second-order valence-electron chi connectivity index (χ2n) is 5.69. The Kier molecular flexibility index (Phi) is 3.93. The normalized spacial score (nSPS) is 11.6. The van der Waals surface area contributed by atoms with Crippen LogP contribution >= 0.6 is 0 Å². The molecule has 0 unspecified atom stereocenters. The lowest BCUT2D eigenvalue weighted by Gasteiger charge is -2.12. The van der Waals surface area contributed by atoms with Crippen LogP contribution in [-0.2, 0) is 10.0 Å². The minimum Gasteiger partial charge on any atom is -0.324 e. The van der Waals surface area contributed by atoms with Crippen LogP contribution < -0.4 is 4.72 Å². The predicted octanol–water partition coefficient (Wildman–Crippen LogP) is 3.97. The second kappa shape index (κ2) is 6.27. The number of halogens is 1. The zero-order valence-corrected chi connectivity index (χ0v) is 14.3. The minimum absolute atomic E-state index is 0.0200. The predicted molar refractivity (Wildman–Crippen MR) is 98.3 cm³/mol. The quantitative estimate of drug-likeness (QED) is 0.594. The highest BCUT2D eigenvalue weighted by molar-refractivity contribution is 7.93. The Morgan fingerprint density at radius 3 is 2.58 bits per heavy atom. The molecule has 0 aliphatic carbocycles. The van der Waals surface area contributed by atoms with Crippen LogP contribution in [0.3, 0.4) is 0 Å². The fourth-order valence-electron chi connectivity index (χ4n) is 2.79. The molecule has 0 atom stereocenters. The molecule has 5 nitrogen and oxygen atoms in total. The van der Waals surface area contributed by atoms with Crippen molar-refractivity contribution in [1.82, 2.24) is 9.55 Å². The van der Waals surface area contributed by atoms with Crippen molar-refractivity contribution in [3.8, 4) is 5.69 Å². The van der Waals surface area contributed by atoms with Gasteiger partial charge in [0.2, 0.25) is 0 Å². The number of anilines is 1. The van der Waals surface area contributed by atoms with E-state index in [1.807, 2.05) is 35.2 Å². The van der Waals surface area contributed by atoms with Crippen molar-refractivity contribution in [2.24, 2.45) is 0 Å². The van der Waals surface area contributed by atoms with Gasteiger partial charge in [-0.1, -0.05) is 6.07 Å². The van der Waals surface area contributed by atoms with Gasteiger partial charge in [0, 0.05) is 29.7 Å². The maximum absolute atomic E-state index is 13.9. The van der Waals surface area contributed by atoms with E-state index in [-0.39, 0.29) is 15.8 Å². The number of pyridine rings is 1. The molecule has 4 aromatic rings. The number of benzene rings is 2. The Bertz CT molecular complexity index is 1190. The van der Waals surface area contributed by atoms with Crippen molar-refractivity contribution in [2.45, 2.75) is 4.90 Å². The first kappa shape index (κ1) is 16.3. The van der Waals surface area contributed by atoms with Crippen molar-refractivity contribution in [3.63, 3.8) is 0 Å². The van der Waals surface area contributed by atoms with E-state index in [0.717, 1.165) is 11.8 Å². The van der Waals surface area contributed by atoms with Crippen LogP contribution in [-0.4, -0.2) is 18.0 Å². The molecule has 2 heterocycles. The molecule has 0 aliphatic heterocycles. The standard InChI is InChI=1S/C19H14FN3O2S/c20-17-8-9-18(16-7-4-10-21-19(16)17)26(24,25)22-14-5-3-6-15(13-14)23-11-1-2-12-23/h1-13,22H. The number of nitrogens with zero attached hydrogens (tertiary/aromatic N) is 2. The molecule has 7 heteroatoms. The number of nitrogens with one attached hydrogen (secondary N) is 1. The number of hydrogen-bond acceptors (Lipinski definition) is 3. The van der Waals surface area contributed by atoms with Gasteiger partial charge < -0.3 is 4.57 Å². The van der Waals surface area contributed by atoms with Crippen LogP contribution in [0.4, 0.5) is 10.1 Å². The van der Waals surface area contributed by atoms with Gasteiger partial charge >= 0.3 is 0 Å². The SMILES string of the molecule is O=S(=O)(Nc1cccc(-n2cccc2)c1)c1ccc(F)c2ncccc12. The topological polar surface area (TPSA) is 64.0 Å². The highest BCUT2D eigenvalue weighted by atomic mass is 32.2. The van der Waals surface area contributed by atoms with E-state index in [1.54, 1.807) is 24.3 Å². The van der Waals surface area contributed by atoms with Gasteiger partial charge in [0.1, 0.15) is 11.3 Å². The molecule has 0 fully saturated rings. The molecule has 0 aliphatic rings. The number of hydrogen-bond donors (Lipinski definition) is 1. The molecule has 26 heavy (non-hydrogen) atoms. The average molecular weight is 367 g/mol. The number of sulfonamides is 1. The number of aromatic nitrogens is 2. The molecular formula is C19H14FN3O2S. The fourth-order valence-corrected chi connectivity index (χ4v) is 4.04. The van der Waals surface area contributed by atoms with Crippen molar-refractivity contribution < 1.29 is 12.8 Å². The summed E-state index contributed by atoms with van der Waals surface area (Å²) in [6.45, 7) is 0. The Hall–Kier alpha value is -3.19. The summed E-state index contributed by atoms with van der Waals surface area (Å²) in [4.78, 5) is 3.92. The van der Waals surface area contributed by atoms with Gasteiger partial charge in [0.15, 0.2) is 0 Å². The van der Waals surface area contributed by atoms with Crippen molar-refractivity contribution in [2.75, 3.05) is 4.72 Å². The second-order valence-corrected chi connectivity index (χ2v) is 7.34. The molecule has 4 rings (SSSR count). The largest absolute Gasteiger partial charge is 0.324 e. The monoisotopic (exact) mass is 367 g/mol. The number of rotatable bonds is 4. The summed E-state index contributed by atoms with van der Waals surface area (Å²) >= 11 is 0. The third-order valence-corrected chi connectivity index (χ3v) is 5.41. The molecule has 0 bridgehead atoms. The highest BCUT2D eigenvalue weighted by Gasteiger charge is 2.19. The number of fused-ring (bicyclic) bond motifs is 1. The van der Waals surface area contributed by atoms with Crippen molar-refractivity contribution >= 4 is 26.6 Å². The van der Waals surface area contributed by atoms with Gasteiger partial charge in [-0.05, 0) is 54.6 Å². The van der Waals surface area contributed by atoms with Crippen LogP contribution in [0.2, 0.25) is 0 Å². The molecule has 1 N–H and O–H groups in total. The molecule has 0 amide bonds. The first-order valence-corrected chi connectivity index (χ1v) is 9.32. The lowest BCUT2D eigenvalue weighted by molar-refractivity contribution is 0.601. The molecule has 0 saturated heterocycles. The Labute approximate surface area is 149 Å². The zero-order valence-electron chi connectivity index (χ0n) is 13.5. The first-order valence-electron chi connectivity index (χ1n) is 7.84. The molecule has 130 valence electrons. The van der Waals surface area contributed by atoms with E-state index in [1.165, 1.54) is 18.3 Å². The Morgan fingerprint density at radius 1 is 0.962 bits per heavy atom. The molecular weight excluding hydrogens is 353 g/mol. The molecule has 0 saturated carbocycles. The summed E-state index contributed by atoms with van der Waals surface area (Å²) in [5.74, 6) is -0.561. The third kappa shape index (κ3) is 2.93. The Balaban J connectivity index is 1.75. The van der Waals surface area contributed by atoms with Crippen LogP contribution in [0.25, 0.3) is 16.6 Å². The van der Waals surface area contributed by atoms with Gasteiger partial charge in [-0.3, -0.25) is 9.71 Å². The maximum Gasteiger partial charge on any atom is 0.262 e. The van der Waals surface area contributed by atoms with Crippen molar-refractivity contribution in [3.05, 3.63) is 85.1 Å². The summed E-state index contributed by atoms with van der Waals surface area (Å²) in [7, 11) is -3.91. The van der Waals surface area contributed by atoms with Crippen LogP contribution in [0.15, 0.2) is 84.1 Å². The van der Waals surface area contributed by atoms with Gasteiger partial charge in [0.05, 0.1) is 10.6 Å². The van der Waals surface area contributed by atoms with E-state index in [4.69, 9.17) is 0 Å². The summed E-state index contributed by atoms with van der Waals surface area (Å²) in [6, 6.07) is 16.3. The third-order valence-electron chi connectivity index (χ3n) is 3.97. The van der Waals surface area contributed by atoms with Gasteiger partial charge in [-0.15, -0.1) is 0 Å². The summed E-state index contributed by atoms with van der Waals surface area (Å²) in [6.07, 6.45) is 5.16. The molecule has 0 spiro atoms. The van der Waals surface area contributed by atoms with Crippen LogP contribution in [0.5, 0.6) is 0 Å². The molecule has 2 aromatic carbocycles. The van der Waals surface area contributed by atoms with E-state index in [2.05, 4.69) is 9.71 Å². The van der Waals surface area contributed by atoms with E-state index in [9.17, 15) is 12.8 Å².